The first-order chi connectivity index (χ1) is 11.4. The first-order valence-corrected chi connectivity index (χ1v) is 8.31. The number of hydrogen-bond donors (Lipinski definition) is 1. The molecule has 1 amide bonds. The summed E-state index contributed by atoms with van der Waals surface area (Å²) in [5.74, 6) is 0.212. The van der Waals surface area contributed by atoms with Gasteiger partial charge in [0.1, 0.15) is 22.5 Å². The average molecular weight is 444 g/mol. The molecule has 0 radical (unpaired) electrons. The number of carbonyl (C=O) groups excluding carboxylic acids is 1. The minimum absolute atomic E-state index is 0.0780. The molecule has 1 atom stereocenters. The standard InChI is InChI=1S/C15H17IN4O4/c1-10(9-24-12-6-4-3-5-7-12)17-13(21)8-19-11(2)14(16)15(18-19)20(22)23/h3-7,10H,8-9H2,1-2H3,(H,17,21)/t10-/m0/s1. The largest absolute Gasteiger partial charge is 0.491 e. The molecule has 0 bridgehead atoms. The molecule has 2 aromatic rings. The second kappa shape index (κ2) is 8.08. The highest BCUT2D eigenvalue weighted by Crippen LogP contribution is 2.22. The van der Waals surface area contributed by atoms with Crippen molar-refractivity contribution in [2.24, 2.45) is 0 Å². The summed E-state index contributed by atoms with van der Waals surface area (Å²) in [5, 5.41) is 17.5. The van der Waals surface area contributed by atoms with Crippen LogP contribution in [0.3, 0.4) is 0 Å². The van der Waals surface area contributed by atoms with Gasteiger partial charge in [-0.3, -0.25) is 4.79 Å². The van der Waals surface area contributed by atoms with Gasteiger partial charge in [-0.05, 0) is 53.5 Å². The number of nitrogens with zero attached hydrogens (tertiary/aromatic N) is 3. The van der Waals surface area contributed by atoms with E-state index in [0.717, 1.165) is 5.75 Å². The normalized spacial score (nSPS) is 11.8. The SMILES string of the molecule is Cc1c(I)c([N+](=O)[O-])nn1CC(=O)N[C@@H](C)COc1ccccc1. The third-order valence-corrected chi connectivity index (χ3v) is 4.50. The molecule has 1 aromatic heterocycles. The van der Waals surface area contributed by atoms with Gasteiger partial charge in [-0.15, -0.1) is 0 Å². The average Bonchev–Trinajstić information content (AvgIpc) is 2.82. The maximum Gasteiger partial charge on any atom is 0.403 e. The van der Waals surface area contributed by atoms with Gasteiger partial charge < -0.3 is 20.2 Å². The summed E-state index contributed by atoms with van der Waals surface area (Å²) in [6.45, 7) is 3.76. The van der Waals surface area contributed by atoms with Crippen molar-refractivity contribution in [3.8, 4) is 5.75 Å². The van der Waals surface area contributed by atoms with Gasteiger partial charge in [-0.2, -0.15) is 4.68 Å². The van der Waals surface area contributed by atoms with Gasteiger partial charge in [0.2, 0.25) is 5.91 Å². The minimum atomic E-state index is -0.556. The van der Waals surface area contributed by atoms with E-state index >= 15 is 0 Å². The van der Waals surface area contributed by atoms with Gasteiger partial charge in [-0.1, -0.05) is 18.2 Å². The number of benzene rings is 1. The van der Waals surface area contributed by atoms with E-state index in [2.05, 4.69) is 10.4 Å². The Kier molecular flexibility index (Phi) is 6.12. The van der Waals surface area contributed by atoms with Gasteiger partial charge in [0.25, 0.3) is 0 Å². The molecule has 1 aromatic carbocycles. The van der Waals surface area contributed by atoms with Crippen molar-refractivity contribution in [3.63, 3.8) is 0 Å². The fourth-order valence-electron chi connectivity index (χ4n) is 2.02. The molecule has 1 N–H and O–H groups in total. The molecule has 2 rings (SSSR count). The predicted molar refractivity (Wildman–Crippen MR) is 95.9 cm³/mol. The second-order valence-corrected chi connectivity index (χ2v) is 6.31. The lowest BCUT2D eigenvalue weighted by molar-refractivity contribution is -0.390. The Bertz CT molecular complexity index is 733. The van der Waals surface area contributed by atoms with E-state index in [0.29, 0.717) is 15.9 Å². The van der Waals surface area contributed by atoms with Crippen LogP contribution in [0.2, 0.25) is 0 Å². The van der Waals surface area contributed by atoms with Crippen molar-refractivity contribution in [3.05, 3.63) is 49.7 Å². The summed E-state index contributed by atoms with van der Waals surface area (Å²) in [4.78, 5) is 22.4. The Morgan fingerprint density at radius 3 is 2.71 bits per heavy atom. The summed E-state index contributed by atoms with van der Waals surface area (Å²) in [6, 6.07) is 9.10. The Morgan fingerprint density at radius 1 is 1.46 bits per heavy atom. The van der Waals surface area contributed by atoms with Crippen LogP contribution < -0.4 is 10.1 Å². The third kappa shape index (κ3) is 4.66. The van der Waals surface area contributed by atoms with Crippen molar-refractivity contribution < 1.29 is 14.5 Å². The second-order valence-electron chi connectivity index (χ2n) is 5.23. The third-order valence-electron chi connectivity index (χ3n) is 3.23. The fourth-order valence-corrected chi connectivity index (χ4v) is 2.60. The first-order valence-electron chi connectivity index (χ1n) is 7.23. The predicted octanol–water partition coefficient (Wildman–Crippen LogP) is 2.29. The molecule has 1 heterocycles. The molecule has 128 valence electrons. The summed E-state index contributed by atoms with van der Waals surface area (Å²) < 4.78 is 7.34. The lowest BCUT2D eigenvalue weighted by Gasteiger charge is -2.14. The molecular formula is C15H17IN4O4. The number of carbonyl (C=O) groups is 1. The minimum Gasteiger partial charge on any atom is -0.491 e. The fraction of sp³-hybridized carbons (Fsp3) is 0.333. The smallest absolute Gasteiger partial charge is 0.403 e. The molecular weight excluding hydrogens is 427 g/mol. The van der Waals surface area contributed by atoms with Crippen molar-refractivity contribution in [2.75, 3.05) is 6.61 Å². The lowest BCUT2D eigenvalue weighted by Crippen LogP contribution is -2.39. The lowest BCUT2D eigenvalue weighted by atomic mass is 10.3. The maximum absolute atomic E-state index is 12.1. The van der Waals surface area contributed by atoms with E-state index in [1.807, 2.05) is 59.8 Å². The van der Waals surface area contributed by atoms with Crippen LogP contribution in [0.15, 0.2) is 30.3 Å². The number of hydrogen-bond acceptors (Lipinski definition) is 5. The van der Waals surface area contributed by atoms with Crippen molar-refractivity contribution in [1.29, 1.82) is 0 Å². The van der Waals surface area contributed by atoms with Crippen LogP contribution in [-0.4, -0.2) is 33.3 Å². The molecule has 24 heavy (non-hydrogen) atoms. The molecule has 0 spiro atoms. The molecule has 0 fully saturated rings. The van der Waals surface area contributed by atoms with Crippen molar-refractivity contribution >= 4 is 34.3 Å². The van der Waals surface area contributed by atoms with Crippen LogP contribution >= 0.6 is 22.6 Å². The van der Waals surface area contributed by atoms with Gasteiger partial charge in [0.05, 0.1) is 16.8 Å². The van der Waals surface area contributed by atoms with Crippen LogP contribution in [0.25, 0.3) is 0 Å². The number of rotatable bonds is 7. The number of aromatic nitrogens is 2. The monoisotopic (exact) mass is 444 g/mol. The zero-order valence-corrected chi connectivity index (χ0v) is 15.4. The number of amides is 1. The molecule has 0 aliphatic rings. The Balaban J connectivity index is 1.89. The maximum atomic E-state index is 12.1. The van der Waals surface area contributed by atoms with E-state index in [4.69, 9.17) is 4.74 Å². The Hall–Kier alpha value is -2.17. The summed E-state index contributed by atoms with van der Waals surface area (Å²) in [6.07, 6.45) is 0. The van der Waals surface area contributed by atoms with Crippen LogP contribution in [0, 0.1) is 20.6 Å². The number of nitro groups is 1. The highest BCUT2D eigenvalue weighted by atomic mass is 127. The topological polar surface area (TPSA) is 99.3 Å². The van der Waals surface area contributed by atoms with E-state index in [1.165, 1.54) is 4.68 Å². The number of para-hydroxylation sites is 1. The van der Waals surface area contributed by atoms with Crippen molar-refractivity contribution in [2.45, 2.75) is 26.4 Å². The Labute approximate surface area is 152 Å². The van der Waals surface area contributed by atoms with Crippen LogP contribution in [0.1, 0.15) is 12.6 Å². The molecule has 0 aliphatic heterocycles. The highest BCUT2D eigenvalue weighted by Gasteiger charge is 2.24. The molecule has 0 aliphatic carbocycles. The summed E-state index contributed by atoms with van der Waals surface area (Å²) in [5.41, 5.74) is 0.589. The van der Waals surface area contributed by atoms with Gasteiger partial charge in [-0.25, -0.2) is 0 Å². The number of halogens is 1. The van der Waals surface area contributed by atoms with Gasteiger partial charge in [0, 0.05) is 0 Å². The summed E-state index contributed by atoms with van der Waals surface area (Å²) >= 11 is 1.86. The Morgan fingerprint density at radius 2 is 2.12 bits per heavy atom. The van der Waals surface area contributed by atoms with E-state index in [1.54, 1.807) is 6.92 Å². The van der Waals surface area contributed by atoms with Crippen LogP contribution in [0.4, 0.5) is 5.82 Å². The number of ether oxygens (including phenoxy) is 1. The zero-order valence-electron chi connectivity index (χ0n) is 13.2. The number of nitrogens with one attached hydrogen (secondary N) is 1. The van der Waals surface area contributed by atoms with Crippen LogP contribution in [0.5, 0.6) is 5.75 Å². The van der Waals surface area contributed by atoms with Gasteiger partial charge in [0.15, 0.2) is 0 Å². The molecule has 8 nitrogen and oxygen atoms in total. The highest BCUT2D eigenvalue weighted by molar-refractivity contribution is 14.1. The molecule has 9 heteroatoms. The van der Waals surface area contributed by atoms with E-state index < -0.39 is 4.92 Å². The molecule has 0 saturated heterocycles. The molecule has 0 saturated carbocycles. The van der Waals surface area contributed by atoms with Gasteiger partial charge >= 0.3 is 5.82 Å². The van der Waals surface area contributed by atoms with Crippen molar-refractivity contribution in [1.82, 2.24) is 15.1 Å². The van der Waals surface area contributed by atoms with Crippen LogP contribution in [-0.2, 0) is 11.3 Å². The molecule has 0 unspecified atom stereocenters. The summed E-state index contributed by atoms with van der Waals surface area (Å²) in [7, 11) is 0. The zero-order chi connectivity index (χ0) is 17.7. The quantitative estimate of drug-likeness (QED) is 0.402. The van der Waals surface area contributed by atoms with E-state index in [9.17, 15) is 14.9 Å². The van der Waals surface area contributed by atoms with E-state index in [-0.39, 0.29) is 24.3 Å². The first kappa shape index (κ1) is 18.2.